The number of aliphatic carboxylic acids is 1. The van der Waals surface area contributed by atoms with Crippen molar-refractivity contribution >= 4 is 35.9 Å². The van der Waals surface area contributed by atoms with Gasteiger partial charge in [0.1, 0.15) is 29.5 Å². The molecule has 0 radical (unpaired) electrons. The van der Waals surface area contributed by atoms with Crippen molar-refractivity contribution in [3.63, 3.8) is 0 Å². The van der Waals surface area contributed by atoms with E-state index in [1.165, 1.54) is 64.2 Å². The Balaban J connectivity index is 1.52. The first-order valence-corrected chi connectivity index (χ1v) is 22.5. The molecule has 0 aromatic heterocycles. The summed E-state index contributed by atoms with van der Waals surface area (Å²) in [6, 6.07) is 13.8. The van der Waals surface area contributed by atoms with Gasteiger partial charge in [-0.05, 0) is 51.4 Å². The van der Waals surface area contributed by atoms with E-state index in [9.17, 15) is 59.4 Å². The van der Waals surface area contributed by atoms with Gasteiger partial charge in [-0.25, -0.2) is 14.4 Å². The second kappa shape index (κ2) is 18.9. The lowest BCUT2D eigenvalue weighted by Crippen LogP contribution is -2.92. The second-order valence-electron chi connectivity index (χ2n) is 20.4. The fourth-order valence-electron chi connectivity index (χ4n) is 11.2. The zero-order valence-electron chi connectivity index (χ0n) is 39.6. The zero-order valence-corrected chi connectivity index (χ0v) is 39.6. The molecule has 2 bridgehead atoms. The van der Waals surface area contributed by atoms with Crippen molar-refractivity contribution in [3.05, 3.63) is 71.8 Å². The minimum atomic E-state index is -3.00. The molecule has 1 aliphatic heterocycles. The minimum absolute atomic E-state index is 0.0482. The standard InChI is InChI=1S/C48H64N2O18/c1-25-29(64-40(59)37(65-33(55)23-50(9)22-32(53)54)35(27-16-12-10-13-17-27)49-42(60)68-43(3,4)5)21-46(61)41(66-39(58)28-18-14-11-15-19-28)48(62)45(8,38(57)36(56)34(25)44(46,6)7)30(52)20-31-47(48,24-63-31)67-26(2)51/h10-19,25,29-31,34-38,41,52,56-57,61-62H,20-24H2,1-9H3,(H,49,60)(H,53,54)/t25-,29?,30+,31-,34?,35+,36-,37-,38-,41-,45+,46-,47+,48-/m1/s1. The molecule has 1 heterocycles. The van der Waals surface area contributed by atoms with E-state index in [4.69, 9.17) is 28.4 Å². The number of benzene rings is 2. The van der Waals surface area contributed by atoms with Gasteiger partial charge in [-0.1, -0.05) is 76.2 Å². The molecule has 68 heavy (non-hydrogen) atoms. The number of ether oxygens (including phenoxy) is 6. The molecule has 20 heteroatoms. The van der Waals surface area contributed by atoms with E-state index in [2.05, 4.69) is 5.32 Å². The molecule has 2 aromatic carbocycles. The maximum absolute atomic E-state index is 15.0. The smallest absolute Gasteiger partial charge is 0.408 e. The number of carbonyl (C=O) groups is 6. The number of carboxylic acid groups (broad SMARTS) is 1. The third-order valence-corrected chi connectivity index (χ3v) is 14.6. The number of aliphatic hydroxyl groups is 5. The van der Waals surface area contributed by atoms with Gasteiger partial charge in [-0.2, -0.15) is 0 Å². The van der Waals surface area contributed by atoms with Crippen LogP contribution in [-0.2, 0) is 47.6 Å². The summed E-state index contributed by atoms with van der Waals surface area (Å²) in [7, 11) is 1.32. The SMILES string of the molecule is CC(=O)O[C@@]12CO[C@@H]1C[C@H](O)[C@@]1(C)[C@H](O)[C@H](O)C3[C@H](C)C(OC(=O)[C@H](OC(=O)CN(C)CC(=O)O)[C@@H](NC(=O)OC(C)(C)C)c4ccccc4)C[C@@](O)([C@@H](OC(=O)c4ccccc4)[C@@]12O)C3(C)C. The lowest BCUT2D eigenvalue weighted by Gasteiger charge is -2.73. The van der Waals surface area contributed by atoms with Crippen molar-refractivity contribution in [1.29, 1.82) is 0 Å². The largest absolute Gasteiger partial charge is 0.480 e. The van der Waals surface area contributed by atoms with E-state index in [1.807, 2.05) is 0 Å². The van der Waals surface area contributed by atoms with Crippen LogP contribution in [0.4, 0.5) is 4.79 Å². The lowest BCUT2D eigenvalue weighted by atomic mass is 9.40. The fourth-order valence-corrected chi connectivity index (χ4v) is 11.2. The topological polar surface area (TPSA) is 294 Å². The molecular formula is C48H64N2O18. The highest BCUT2D eigenvalue weighted by Gasteiger charge is 2.86. The van der Waals surface area contributed by atoms with E-state index < -0.39 is 156 Å². The van der Waals surface area contributed by atoms with Gasteiger partial charge in [0.25, 0.3) is 0 Å². The molecular weight excluding hydrogens is 893 g/mol. The fraction of sp³-hybridized carbons (Fsp3) is 0.625. The Morgan fingerprint density at radius 3 is 2.06 bits per heavy atom. The Labute approximate surface area is 393 Å². The zero-order chi connectivity index (χ0) is 50.5. The number of hydrogen-bond acceptors (Lipinski definition) is 18. The number of rotatable bonds is 13. The predicted molar refractivity (Wildman–Crippen MR) is 235 cm³/mol. The van der Waals surface area contributed by atoms with Crippen molar-refractivity contribution in [2.75, 3.05) is 26.7 Å². The van der Waals surface area contributed by atoms with Gasteiger partial charge in [0.2, 0.25) is 6.10 Å². The number of amides is 1. The third kappa shape index (κ3) is 9.07. The van der Waals surface area contributed by atoms with Crippen LogP contribution in [0.15, 0.2) is 60.7 Å². The summed E-state index contributed by atoms with van der Waals surface area (Å²) in [5.74, 6) is -8.10. The molecule has 4 aliphatic rings. The van der Waals surface area contributed by atoms with Crippen LogP contribution in [0.3, 0.4) is 0 Å². The van der Waals surface area contributed by atoms with Gasteiger partial charge in [-0.3, -0.25) is 19.3 Å². The highest BCUT2D eigenvalue weighted by Crippen LogP contribution is 2.67. The highest BCUT2D eigenvalue weighted by molar-refractivity contribution is 5.89. The van der Waals surface area contributed by atoms with Gasteiger partial charge in [0, 0.05) is 31.1 Å². The van der Waals surface area contributed by atoms with E-state index in [0.717, 1.165) is 11.8 Å². The van der Waals surface area contributed by atoms with Crippen LogP contribution in [-0.4, -0.2) is 163 Å². The Morgan fingerprint density at radius 1 is 0.912 bits per heavy atom. The van der Waals surface area contributed by atoms with E-state index in [1.54, 1.807) is 52.0 Å². The Morgan fingerprint density at radius 2 is 1.51 bits per heavy atom. The number of alkyl carbamates (subject to hydrolysis) is 1. The summed E-state index contributed by atoms with van der Waals surface area (Å²) in [4.78, 5) is 82.0. The van der Waals surface area contributed by atoms with Crippen LogP contribution >= 0.6 is 0 Å². The first kappa shape index (κ1) is 52.2. The van der Waals surface area contributed by atoms with Gasteiger partial charge >= 0.3 is 35.9 Å². The van der Waals surface area contributed by atoms with E-state index in [-0.39, 0.29) is 17.5 Å². The molecule has 0 spiro atoms. The summed E-state index contributed by atoms with van der Waals surface area (Å²) in [5, 5.41) is 76.6. The first-order chi connectivity index (χ1) is 31.5. The molecule has 374 valence electrons. The van der Waals surface area contributed by atoms with Gasteiger partial charge in [-0.15, -0.1) is 0 Å². The molecule has 20 nitrogen and oxygen atoms in total. The molecule has 1 amide bonds. The number of fused-ring (bicyclic) bond motifs is 5. The van der Waals surface area contributed by atoms with E-state index >= 15 is 0 Å². The molecule has 6 rings (SSSR count). The Hall–Kier alpha value is -5.22. The predicted octanol–water partition coefficient (Wildman–Crippen LogP) is 1.67. The van der Waals surface area contributed by atoms with Crippen molar-refractivity contribution in [2.45, 2.75) is 139 Å². The van der Waals surface area contributed by atoms with Gasteiger partial charge in [0.05, 0.1) is 49.0 Å². The van der Waals surface area contributed by atoms with Crippen molar-refractivity contribution < 1.29 is 87.8 Å². The monoisotopic (exact) mass is 956 g/mol. The molecule has 1 saturated heterocycles. The molecule has 14 atom stereocenters. The van der Waals surface area contributed by atoms with Crippen LogP contribution in [0.1, 0.15) is 90.2 Å². The number of carbonyl (C=O) groups excluding carboxylic acids is 5. The van der Waals surface area contributed by atoms with Crippen molar-refractivity contribution in [3.8, 4) is 0 Å². The summed E-state index contributed by atoms with van der Waals surface area (Å²) >= 11 is 0. The van der Waals surface area contributed by atoms with Crippen molar-refractivity contribution in [2.24, 2.45) is 22.7 Å². The highest BCUT2D eigenvalue weighted by atomic mass is 16.7. The Bertz CT molecular complexity index is 2220. The number of likely N-dealkylation sites (N-methyl/N-ethyl adjacent to an activating group) is 1. The maximum atomic E-state index is 15.0. The maximum Gasteiger partial charge on any atom is 0.408 e. The summed E-state index contributed by atoms with van der Waals surface area (Å²) in [6.07, 6.45) is -15.1. The summed E-state index contributed by atoms with van der Waals surface area (Å²) in [5.41, 5.74) is -12.8. The normalized spacial score (nSPS) is 34.7. The van der Waals surface area contributed by atoms with Gasteiger partial charge in [0.15, 0.2) is 17.3 Å². The number of carboxylic acids is 1. The quantitative estimate of drug-likeness (QED) is 0.111. The molecule has 3 aliphatic carbocycles. The molecule has 2 aromatic rings. The molecule has 7 N–H and O–H groups in total. The molecule has 4 fully saturated rings. The van der Waals surface area contributed by atoms with Crippen LogP contribution < -0.4 is 5.32 Å². The molecule has 3 saturated carbocycles. The van der Waals surface area contributed by atoms with E-state index in [0.29, 0.717) is 0 Å². The average Bonchev–Trinajstić information content (AvgIpc) is 3.24. The van der Waals surface area contributed by atoms with Crippen molar-refractivity contribution in [1.82, 2.24) is 10.2 Å². The summed E-state index contributed by atoms with van der Waals surface area (Å²) < 4.78 is 35.6. The Kier molecular flexibility index (Phi) is 14.5. The number of nitrogens with one attached hydrogen (secondary N) is 1. The van der Waals surface area contributed by atoms with Crippen LogP contribution in [0, 0.1) is 22.7 Å². The minimum Gasteiger partial charge on any atom is -0.480 e. The number of nitrogens with zero attached hydrogens (tertiary/aromatic N) is 1. The van der Waals surface area contributed by atoms with Crippen LogP contribution in [0.5, 0.6) is 0 Å². The third-order valence-electron chi connectivity index (χ3n) is 14.6. The average molecular weight is 957 g/mol. The molecule has 2 unspecified atom stereocenters. The van der Waals surface area contributed by atoms with Crippen LogP contribution in [0.2, 0.25) is 0 Å². The first-order valence-electron chi connectivity index (χ1n) is 22.5. The number of hydrogen-bond donors (Lipinski definition) is 7. The number of aliphatic hydroxyl groups excluding tert-OH is 3. The number of esters is 4. The second-order valence-corrected chi connectivity index (χ2v) is 20.4. The van der Waals surface area contributed by atoms with Crippen LogP contribution in [0.25, 0.3) is 0 Å². The lowest BCUT2D eigenvalue weighted by molar-refractivity contribution is -0.432. The van der Waals surface area contributed by atoms with Gasteiger partial charge < -0.3 is 64.4 Å². The summed E-state index contributed by atoms with van der Waals surface area (Å²) in [6.45, 7) is 9.85.